The minimum absolute atomic E-state index is 0.244. The Morgan fingerprint density at radius 1 is 1.28 bits per heavy atom. The van der Waals surface area contributed by atoms with Crippen molar-refractivity contribution in [1.29, 1.82) is 0 Å². The molecule has 0 saturated carbocycles. The Morgan fingerprint density at radius 3 is 2.72 bits per heavy atom. The summed E-state index contributed by atoms with van der Waals surface area (Å²) in [5.41, 5.74) is 6.48. The van der Waals surface area contributed by atoms with Crippen LogP contribution in [0.2, 0.25) is 0 Å². The summed E-state index contributed by atoms with van der Waals surface area (Å²) in [5, 5.41) is 0.669. The van der Waals surface area contributed by atoms with E-state index in [1.807, 2.05) is 0 Å². The molecule has 106 valence electrons. The Labute approximate surface area is 116 Å². The lowest BCUT2D eigenvalue weighted by atomic mass is 9.86. The third-order valence-corrected chi connectivity index (χ3v) is 6.31. The summed E-state index contributed by atoms with van der Waals surface area (Å²) in [6.45, 7) is 9.20. The van der Waals surface area contributed by atoms with E-state index < -0.39 is 0 Å². The lowest BCUT2D eigenvalue weighted by Gasteiger charge is -2.51. The zero-order chi connectivity index (χ0) is 13.2. The summed E-state index contributed by atoms with van der Waals surface area (Å²) in [4.78, 5) is 5.21. The molecule has 0 aromatic carbocycles. The van der Waals surface area contributed by atoms with E-state index in [1.165, 1.54) is 44.6 Å². The fourth-order valence-corrected chi connectivity index (χ4v) is 5.12. The van der Waals surface area contributed by atoms with Crippen LogP contribution in [-0.2, 0) is 0 Å². The van der Waals surface area contributed by atoms with Crippen LogP contribution in [0.1, 0.15) is 33.1 Å². The average molecular weight is 271 g/mol. The molecular weight excluding hydrogens is 242 g/mol. The normalized spacial score (nSPS) is 40.7. The van der Waals surface area contributed by atoms with Gasteiger partial charge in [0.15, 0.2) is 0 Å². The van der Waals surface area contributed by atoms with Gasteiger partial charge in [0.25, 0.3) is 0 Å². The van der Waals surface area contributed by atoms with Gasteiger partial charge in [-0.25, -0.2) is 0 Å². The summed E-state index contributed by atoms with van der Waals surface area (Å²) < 4.78 is 0. The van der Waals surface area contributed by atoms with E-state index in [9.17, 15) is 0 Å². The molecular formula is C14H29N3S. The number of hydrogen-bond donors (Lipinski definition) is 1. The molecule has 18 heavy (non-hydrogen) atoms. The van der Waals surface area contributed by atoms with Crippen molar-refractivity contribution in [2.45, 2.75) is 49.9 Å². The van der Waals surface area contributed by atoms with Crippen molar-refractivity contribution < 1.29 is 0 Å². The van der Waals surface area contributed by atoms with Gasteiger partial charge in [0.05, 0.1) is 0 Å². The molecule has 2 aliphatic heterocycles. The molecule has 0 spiro atoms. The maximum atomic E-state index is 6.24. The van der Waals surface area contributed by atoms with Crippen LogP contribution < -0.4 is 5.73 Å². The molecule has 2 N–H and O–H groups in total. The number of hydrogen-bond acceptors (Lipinski definition) is 4. The first-order valence-corrected chi connectivity index (χ1v) is 8.42. The number of likely N-dealkylation sites (N-methyl/N-ethyl adjacent to an activating group) is 1. The van der Waals surface area contributed by atoms with E-state index in [4.69, 9.17) is 5.73 Å². The van der Waals surface area contributed by atoms with Crippen LogP contribution in [0, 0.1) is 0 Å². The van der Waals surface area contributed by atoms with Crippen LogP contribution in [0.5, 0.6) is 0 Å². The summed E-state index contributed by atoms with van der Waals surface area (Å²) in [6.07, 6.45) is 3.89. The van der Waals surface area contributed by atoms with E-state index in [0.717, 1.165) is 6.54 Å². The van der Waals surface area contributed by atoms with Crippen molar-refractivity contribution >= 4 is 11.8 Å². The molecule has 0 bridgehead atoms. The zero-order valence-electron chi connectivity index (χ0n) is 12.2. The average Bonchev–Trinajstić information content (AvgIpc) is 2.52. The van der Waals surface area contributed by atoms with Gasteiger partial charge in [-0.05, 0) is 45.5 Å². The van der Waals surface area contributed by atoms with Crippen LogP contribution in [0.3, 0.4) is 0 Å². The van der Waals surface area contributed by atoms with Gasteiger partial charge in [0.1, 0.15) is 0 Å². The third-order valence-electron chi connectivity index (χ3n) is 4.85. The minimum Gasteiger partial charge on any atom is -0.329 e. The SMILES string of the molecule is CC1CN(C)CCCN1C1(CN)CCCSC1C. The van der Waals surface area contributed by atoms with Crippen molar-refractivity contribution in [1.82, 2.24) is 9.80 Å². The Kier molecular flexibility index (Phi) is 4.98. The standard InChI is InChI=1S/C14H29N3S/c1-12-10-16(3)7-5-8-17(12)14(11-15)6-4-9-18-13(14)2/h12-13H,4-11,15H2,1-3H3. The van der Waals surface area contributed by atoms with E-state index in [1.54, 1.807) is 0 Å². The van der Waals surface area contributed by atoms with Crippen molar-refractivity contribution in [2.24, 2.45) is 5.73 Å². The van der Waals surface area contributed by atoms with E-state index >= 15 is 0 Å². The van der Waals surface area contributed by atoms with Crippen LogP contribution >= 0.6 is 11.8 Å². The molecule has 3 unspecified atom stereocenters. The number of rotatable bonds is 2. The molecule has 2 aliphatic rings. The van der Waals surface area contributed by atoms with Crippen molar-refractivity contribution in [3.8, 4) is 0 Å². The number of nitrogens with two attached hydrogens (primary N) is 1. The lowest BCUT2D eigenvalue weighted by molar-refractivity contribution is 0.0471. The highest BCUT2D eigenvalue weighted by atomic mass is 32.2. The van der Waals surface area contributed by atoms with Crippen molar-refractivity contribution in [2.75, 3.05) is 39.0 Å². The fraction of sp³-hybridized carbons (Fsp3) is 1.00. The van der Waals surface area contributed by atoms with Gasteiger partial charge in [-0.1, -0.05) is 6.92 Å². The van der Waals surface area contributed by atoms with Gasteiger partial charge in [-0.2, -0.15) is 11.8 Å². The fourth-order valence-electron chi connectivity index (χ4n) is 3.79. The first-order valence-electron chi connectivity index (χ1n) is 7.37. The second-order valence-electron chi connectivity index (χ2n) is 6.08. The molecule has 2 heterocycles. The van der Waals surface area contributed by atoms with Crippen LogP contribution in [0.15, 0.2) is 0 Å². The van der Waals surface area contributed by atoms with Gasteiger partial charge < -0.3 is 10.6 Å². The predicted molar refractivity (Wildman–Crippen MR) is 81.2 cm³/mol. The number of thioether (sulfide) groups is 1. The maximum Gasteiger partial charge on any atom is 0.0451 e. The summed E-state index contributed by atoms with van der Waals surface area (Å²) >= 11 is 2.12. The maximum absolute atomic E-state index is 6.24. The van der Waals surface area contributed by atoms with Crippen LogP contribution in [0.4, 0.5) is 0 Å². The molecule has 2 fully saturated rings. The van der Waals surface area contributed by atoms with E-state index in [2.05, 4.69) is 42.5 Å². The van der Waals surface area contributed by atoms with Crippen LogP contribution in [0.25, 0.3) is 0 Å². The second kappa shape index (κ2) is 6.12. The van der Waals surface area contributed by atoms with Crippen molar-refractivity contribution in [3.05, 3.63) is 0 Å². The molecule has 2 saturated heterocycles. The van der Waals surface area contributed by atoms with Gasteiger partial charge in [-0.15, -0.1) is 0 Å². The molecule has 3 atom stereocenters. The molecule has 0 amide bonds. The molecule has 0 aromatic rings. The molecule has 0 radical (unpaired) electrons. The smallest absolute Gasteiger partial charge is 0.0451 e. The summed E-state index contributed by atoms with van der Waals surface area (Å²) in [6, 6.07) is 0.627. The quantitative estimate of drug-likeness (QED) is 0.827. The Bertz CT molecular complexity index is 274. The monoisotopic (exact) mass is 271 g/mol. The number of nitrogens with zero attached hydrogens (tertiary/aromatic N) is 2. The Morgan fingerprint density at radius 2 is 2.06 bits per heavy atom. The predicted octanol–water partition coefficient (Wildman–Crippen LogP) is 1.63. The summed E-state index contributed by atoms with van der Waals surface area (Å²) in [5.74, 6) is 1.31. The van der Waals surface area contributed by atoms with Crippen molar-refractivity contribution in [3.63, 3.8) is 0 Å². The molecule has 0 aliphatic carbocycles. The van der Waals surface area contributed by atoms with E-state index in [-0.39, 0.29) is 5.54 Å². The molecule has 3 nitrogen and oxygen atoms in total. The van der Waals surface area contributed by atoms with Gasteiger partial charge in [0, 0.05) is 36.5 Å². The molecule has 2 rings (SSSR count). The van der Waals surface area contributed by atoms with E-state index in [0.29, 0.717) is 11.3 Å². The minimum atomic E-state index is 0.244. The second-order valence-corrected chi connectivity index (χ2v) is 7.53. The zero-order valence-corrected chi connectivity index (χ0v) is 13.0. The molecule has 0 aromatic heterocycles. The lowest BCUT2D eigenvalue weighted by Crippen LogP contribution is -2.64. The first-order chi connectivity index (χ1) is 8.60. The third kappa shape index (κ3) is 2.72. The Hall–Kier alpha value is 0.230. The Balaban J connectivity index is 2.19. The van der Waals surface area contributed by atoms with Gasteiger partial charge in [0.2, 0.25) is 0 Å². The first kappa shape index (κ1) is 14.6. The molecule has 4 heteroatoms. The van der Waals surface area contributed by atoms with Crippen LogP contribution in [-0.4, -0.2) is 65.6 Å². The van der Waals surface area contributed by atoms with Gasteiger partial charge >= 0.3 is 0 Å². The highest BCUT2D eigenvalue weighted by Gasteiger charge is 2.44. The highest BCUT2D eigenvalue weighted by molar-refractivity contribution is 8.00. The topological polar surface area (TPSA) is 32.5 Å². The largest absolute Gasteiger partial charge is 0.329 e. The summed E-state index contributed by atoms with van der Waals surface area (Å²) in [7, 11) is 2.24. The highest BCUT2D eigenvalue weighted by Crippen LogP contribution is 2.39. The van der Waals surface area contributed by atoms with Gasteiger partial charge in [-0.3, -0.25) is 4.90 Å².